The van der Waals surface area contributed by atoms with Crippen LogP contribution in [0.15, 0.2) is 35.3 Å². The van der Waals surface area contributed by atoms with Crippen LogP contribution in [-0.4, -0.2) is 48.1 Å². The van der Waals surface area contributed by atoms with Crippen LogP contribution in [0.2, 0.25) is 0 Å². The van der Waals surface area contributed by atoms with Gasteiger partial charge in [0.05, 0.1) is 12.7 Å². The zero-order valence-corrected chi connectivity index (χ0v) is 17.1. The van der Waals surface area contributed by atoms with Gasteiger partial charge in [-0.05, 0) is 24.5 Å². The summed E-state index contributed by atoms with van der Waals surface area (Å²) in [6, 6.07) is 9.54. The van der Waals surface area contributed by atoms with Crippen molar-refractivity contribution in [1.29, 1.82) is 5.41 Å². The fraction of sp³-hybridized carbons (Fsp3) is 0.286. The van der Waals surface area contributed by atoms with Crippen LogP contribution in [-0.2, 0) is 31.9 Å². The van der Waals surface area contributed by atoms with E-state index in [-0.39, 0.29) is 23.0 Å². The van der Waals surface area contributed by atoms with E-state index < -0.39 is 24.3 Å². The van der Waals surface area contributed by atoms with Gasteiger partial charge in [0.25, 0.3) is 11.7 Å². The minimum absolute atomic E-state index is 0.0285. The minimum atomic E-state index is -1.13. The Hall–Kier alpha value is -3.75. The lowest BCUT2D eigenvalue weighted by Gasteiger charge is -2.09. The number of Topliss-reactive ketones (excluding diaryl/α,β-unsaturated/α-hetero) is 1. The number of ketones is 1. The number of nitrogens with two attached hydrogens (primary N) is 1. The number of methoxy groups -OCH3 is 1. The van der Waals surface area contributed by atoms with E-state index in [2.05, 4.69) is 14.7 Å². The Kier molecular flexibility index (Phi) is 7.62. The number of ether oxygens (including phenoxy) is 2. The van der Waals surface area contributed by atoms with Crippen molar-refractivity contribution >= 4 is 29.4 Å². The van der Waals surface area contributed by atoms with E-state index >= 15 is 0 Å². The summed E-state index contributed by atoms with van der Waals surface area (Å²) in [4.78, 5) is 43.0. The fourth-order valence-electron chi connectivity index (χ4n) is 2.96. The highest BCUT2D eigenvalue weighted by atomic mass is 16.6. The molecule has 0 bridgehead atoms. The van der Waals surface area contributed by atoms with Crippen LogP contribution < -0.4 is 5.73 Å². The number of carbonyl (C=O) groups is 3. The van der Waals surface area contributed by atoms with Gasteiger partial charge < -0.3 is 20.2 Å². The lowest BCUT2D eigenvalue weighted by molar-refractivity contribution is -0.143. The van der Waals surface area contributed by atoms with Crippen molar-refractivity contribution in [3.63, 3.8) is 0 Å². The standard InChI is InChI=1S/C21H24N4O5/c1-4-14-15(10-13-8-6-5-7-9-13)25-18(17(14)19(27)20(23)28)21(24-12(2)22)30-11-16(26)29-3/h5-9,22,25H,4,10-11H2,1-3H3,(H2,23,28). The van der Waals surface area contributed by atoms with Gasteiger partial charge >= 0.3 is 5.97 Å². The normalized spacial score (nSPS) is 11.1. The molecule has 1 heterocycles. The first-order valence-electron chi connectivity index (χ1n) is 9.24. The van der Waals surface area contributed by atoms with Gasteiger partial charge in [-0.25, -0.2) is 4.79 Å². The number of aromatic nitrogens is 1. The molecule has 0 saturated carbocycles. The molecule has 30 heavy (non-hydrogen) atoms. The Morgan fingerprint density at radius 2 is 1.87 bits per heavy atom. The summed E-state index contributed by atoms with van der Waals surface area (Å²) in [7, 11) is 1.20. The summed E-state index contributed by atoms with van der Waals surface area (Å²) in [5.74, 6) is -3.00. The second kappa shape index (κ2) is 10.1. The highest BCUT2D eigenvalue weighted by Crippen LogP contribution is 2.24. The van der Waals surface area contributed by atoms with Crippen molar-refractivity contribution in [3.05, 3.63) is 58.4 Å². The van der Waals surface area contributed by atoms with Gasteiger partial charge in [0.1, 0.15) is 11.5 Å². The second-order valence-corrected chi connectivity index (χ2v) is 6.41. The largest absolute Gasteiger partial charge is 0.466 e. The molecule has 1 aromatic carbocycles. The van der Waals surface area contributed by atoms with Gasteiger partial charge in [-0.2, -0.15) is 4.99 Å². The summed E-state index contributed by atoms with van der Waals surface area (Å²) in [6.45, 7) is 2.76. The van der Waals surface area contributed by atoms with Crippen LogP contribution in [0, 0.1) is 5.41 Å². The van der Waals surface area contributed by atoms with E-state index in [9.17, 15) is 14.4 Å². The lowest BCUT2D eigenvalue weighted by atomic mass is 9.98. The van der Waals surface area contributed by atoms with E-state index in [1.807, 2.05) is 37.3 Å². The topological polar surface area (TPSA) is 148 Å². The Labute approximate surface area is 173 Å². The number of aliphatic imine (C=N–C) groups is 1. The van der Waals surface area contributed by atoms with Crippen LogP contribution in [0.3, 0.4) is 0 Å². The molecule has 158 valence electrons. The lowest BCUT2D eigenvalue weighted by Crippen LogP contribution is -2.26. The van der Waals surface area contributed by atoms with Gasteiger partial charge in [-0.1, -0.05) is 37.3 Å². The summed E-state index contributed by atoms with van der Waals surface area (Å²) < 4.78 is 9.99. The summed E-state index contributed by atoms with van der Waals surface area (Å²) in [5, 5.41) is 7.68. The minimum Gasteiger partial charge on any atom is -0.466 e. The van der Waals surface area contributed by atoms with Crippen LogP contribution in [0.25, 0.3) is 0 Å². The van der Waals surface area contributed by atoms with Crippen molar-refractivity contribution in [2.45, 2.75) is 26.7 Å². The average Bonchev–Trinajstić information content (AvgIpc) is 3.08. The molecule has 0 spiro atoms. The molecular formula is C21H24N4O5. The molecule has 0 fully saturated rings. The van der Waals surface area contributed by atoms with Crippen molar-refractivity contribution in [2.75, 3.05) is 13.7 Å². The number of hydrogen-bond donors (Lipinski definition) is 3. The smallest absolute Gasteiger partial charge is 0.343 e. The first-order valence-corrected chi connectivity index (χ1v) is 9.24. The Morgan fingerprint density at radius 1 is 1.20 bits per heavy atom. The molecule has 0 aliphatic rings. The monoisotopic (exact) mass is 412 g/mol. The Bertz CT molecular complexity index is 992. The predicted molar refractivity (Wildman–Crippen MR) is 111 cm³/mol. The van der Waals surface area contributed by atoms with Gasteiger partial charge in [0, 0.05) is 12.1 Å². The molecule has 0 radical (unpaired) electrons. The van der Waals surface area contributed by atoms with Crippen LogP contribution in [0.4, 0.5) is 0 Å². The van der Waals surface area contributed by atoms with Gasteiger partial charge in [-0.3, -0.25) is 15.0 Å². The Balaban J connectivity index is 2.64. The molecule has 0 unspecified atom stereocenters. The number of H-pyrrole nitrogens is 1. The number of rotatable bonds is 8. The first kappa shape index (κ1) is 22.5. The number of nitrogens with one attached hydrogen (secondary N) is 2. The maximum atomic E-state index is 12.6. The quantitative estimate of drug-likeness (QED) is 0.199. The first-order chi connectivity index (χ1) is 14.3. The molecule has 9 heteroatoms. The number of nitrogens with zero attached hydrogens (tertiary/aromatic N) is 1. The molecule has 9 nitrogen and oxygen atoms in total. The molecule has 0 aliphatic heterocycles. The molecule has 0 aliphatic carbocycles. The van der Waals surface area contributed by atoms with Crippen molar-refractivity contribution < 1.29 is 23.9 Å². The third-order valence-electron chi connectivity index (χ3n) is 4.26. The van der Waals surface area contributed by atoms with Crippen LogP contribution in [0.5, 0.6) is 0 Å². The molecule has 4 N–H and O–H groups in total. The highest BCUT2D eigenvalue weighted by Gasteiger charge is 2.29. The molecule has 0 atom stereocenters. The molecule has 2 rings (SSSR count). The number of carbonyl (C=O) groups excluding carboxylic acids is 3. The van der Waals surface area contributed by atoms with E-state index in [4.69, 9.17) is 15.9 Å². The molecule has 1 aromatic heterocycles. The number of amidine groups is 1. The van der Waals surface area contributed by atoms with Crippen molar-refractivity contribution in [3.8, 4) is 0 Å². The van der Waals surface area contributed by atoms with Gasteiger partial charge in [-0.15, -0.1) is 0 Å². The molecule has 2 aromatic rings. The number of amides is 1. The van der Waals surface area contributed by atoms with Crippen molar-refractivity contribution in [2.24, 2.45) is 10.7 Å². The SMILES string of the molecule is CCc1c(Cc2ccccc2)[nH]c(C(=NC(C)=N)OCC(=O)OC)c1C(=O)C(N)=O. The second-order valence-electron chi connectivity index (χ2n) is 6.41. The van der Waals surface area contributed by atoms with Crippen LogP contribution in [0.1, 0.15) is 46.7 Å². The van der Waals surface area contributed by atoms with E-state index in [1.165, 1.54) is 14.0 Å². The predicted octanol–water partition coefficient (Wildman–Crippen LogP) is 1.77. The molecule has 1 amide bonds. The Morgan fingerprint density at radius 3 is 2.40 bits per heavy atom. The zero-order chi connectivity index (χ0) is 22.3. The number of primary amides is 1. The molecular weight excluding hydrogens is 388 g/mol. The summed E-state index contributed by atoms with van der Waals surface area (Å²) in [6.07, 6.45) is 0.887. The zero-order valence-electron chi connectivity index (χ0n) is 17.1. The van der Waals surface area contributed by atoms with Crippen LogP contribution >= 0.6 is 0 Å². The van der Waals surface area contributed by atoms with Gasteiger partial charge in [0.2, 0.25) is 5.90 Å². The van der Waals surface area contributed by atoms with E-state index in [1.54, 1.807) is 0 Å². The number of aromatic amines is 1. The number of esters is 1. The number of benzene rings is 1. The maximum Gasteiger partial charge on any atom is 0.343 e. The van der Waals surface area contributed by atoms with Gasteiger partial charge in [0.15, 0.2) is 6.61 Å². The van der Waals surface area contributed by atoms with Crippen molar-refractivity contribution in [1.82, 2.24) is 4.98 Å². The third-order valence-corrected chi connectivity index (χ3v) is 4.26. The van der Waals surface area contributed by atoms with E-state index in [0.29, 0.717) is 24.1 Å². The summed E-state index contributed by atoms with van der Waals surface area (Å²) >= 11 is 0. The average molecular weight is 412 g/mol. The maximum absolute atomic E-state index is 12.6. The highest BCUT2D eigenvalue weighted by molar-refractivity contribution is 6.44. The summed E-state index contributed by atoms with van der Waals surface area (Å²) in [5.41, 5.74) is 7.65. The number of hydrogen-bond acceptors (Lipinski definition) is 6. The van der Waals surface area contributed by atoms with E-state index in [0.717, 1.165) is 5.56 Å². The molecule has 0 saturated heterocycles. The third kappa shape index (κ3) is 5.40. The fourth-order valence-corrected chi connectivity index (χ4v) is 2.96.